The van der Waals surface area contributed by atoms with Crippen LogP contribution in [0.25, 0.3) is 18.2 Å². The average Bonchev–Trinajstić information content (AvgIpc) is 2.87. The minimum atomic E-state index is -1.35. The molecule has 3 aromatic carbocycles. The normalized spacial score (nSPS) is 12.0. The Hall–Kier alpha value is -5.12. The van der Waals surface area contributed by atoms with Gasteiger partial charge in [0.25, 0.3) is 0 Å². The van der Waals surface area contributed by atoms with Gasteiger partial charge in [0, 0.05) is 18.1 Å². The Kier molecular flexibility index (Phi) is 8.26. The van der Waals surface area contributed by atoms with Gasteiger partial charge in [-0.3, -0.25) is 0 Å². The second-order valence-corrected chi connectivity index (χ2v) is 7.83. The van der Waals surface area contributed by atoms with Crippen molar-refractivity contribution in [1.82, 2.24) is 0 Å². The largest absolute Gasteiger partial charge is 0.504 e. The second kappa shape index (κ2) is 11.5. The van der Waals surface area contributed by atoms with Crippen molar-refractivity contribution >= 4 is 30.2 Å². The minimum Gasteiger partial charge on any atom is -0.504 e. The van der Waals surface area contributed by atoms with E-state index in [0.717, 1.165) is 13.2 Å². The number of ether oxygens (including phenoxy) is 2. The third-order valence-corrected chi connectivity index (χ3v) is 5.25. The predicted octanol–water partition coefficient (Wildman–Crippen LogP) is 3.43. The number of methoxy groups -OCH3 is 1. The van der Waals surface area contributed by atoms with Crippen molar-refractivity contribution in [2.75, 3.05) is 7.11 Å². The summed E-state index contributed by atoms with van der Waals surface area (Å²) in [7, 11) is 1.12. The SMILES string of the molecule is COC(=O)C(Cc1ccc(O)c(O)c1)OC(=O)/C=C/c1ccc(O)c(O)c1/C=C/c1ccc(O)c(O)c1. The van der Waals surface area contributed by atoms with Crippen molar-refractivity contribution in [1.29, 1.82) is 0 Å². The van der Waals surface area contributed by atoms with Gasteiger partial charge in [-0.15, -0.1) is 0 Å². The van der Waals surface area contributed by atoms with Crippen molar-refractivity contribution in [2.24, 2.45) is 0 Å². The highest BCUT2D eigenvalue weighted by molar-refractivity contribution is 5.91. The van der Waals surface area contributed by atoms with Gasteiger partial charge in [-0.25, -0.2) is 9.59 Å². The molecule has 0 fully saturated rings. The second-order valence-electron chi connectivity index (χ2n) is 7.83. The zero-order valence-electron chi connectivity index (χ0n) is 19.5. The first-order valence-corrected chi connectivity index (χ1v) is 10.8. The van der Waals surface area contributed by atoms with E-state index >= 15 is 0 Å². The lowest BCUT2D eigenvalue weighted by atomic mass is 10.0. The van der Waals surface area contributed by atoms with Gasteiger partial charge in [-0.1, -0.05) is 24.3 Å². The van der Waals surface area contributed by atoms with Crippen LogP contribution in [-0.2, 0) is 25.5 Å². The maximum atomic E-state index is 12.5. The molecule has 37 heavy (non-hydrogen) atoms. The van der Waals surface area contributed by atoms with E-state index in [0.29, 0.717) is 16.7 Å². The first kappa shape index (κ1) is 26.5. The highest BCUT2D eigenvalue weighted by Gasteiger charge is 2.24. The molecule has 10 nitrogen and oxygen atoms in total. The lowest BCUT2D eigenvalue weighted by Gasteiger charge is -2.15. The number of esters is 2. The Morgan fingerprint density at radius 1 is 0.784 bits per heavy atom. The lowest BCUT2D eigenvalue weighted by molar-refractivity contribution is -0.162. The van der Waals surface area contributed by atoms with E-state index in [1.165, 1.54) is 66.8 Å². The molecular weight excluding hydrogens is 484 g/mol. The fourth-order valence-corrected chi connectivity index (χ4v) is 3.31. The molecule has 0 bridgehead atoms. The summed E-state index contributed by atoms with van der Waals surface area (Å²) in [5, 5.41) is 58.4. The molecule has 1 unspecified atom stereocenters. The molecule has 0 amide bonds. The van der Waals surface area contributed by atoms with Crippen molar-refractivity contribution in [3.05, 3.63) is 76.9 Å². The zero-order valence-corrected chi connectivity index (χ0v) is 19.5. The van der Waals surface area contributed by atoms with Crippen LogP contribution in [0.2, 0.25) is 0 Å². The number of hydrogen-bond donors (Lipinski definition) is 6. The van der Waals surface area contributed by atoms with Gasteiger partial charge < -0.3 is 40.1 Å². The van der Waals surface area contributed by atoms with Crippen LogP contribution < -0.4 is 0 Å². The summed E-state index contributed by atoms with van der Waals surface area (Å²) in [4.78, 5) is 24.6. The summed E-state index contributed by atoms with van der Waals surface area (Å²) in [6, 6.07) is 10.6. The number of phenolic OH excluding ortho intramolecular Hbond substituents is 6. The third kappa shape index (κ3) is 6.73. The van der Waals surface area contributed by atoms with E-state index in [2.05, 4.69) is 4.74 Å². The average molecular weight is 508 g/mol. The fraction of sp³-hybridized carbons (Fsp3) is 0.111. The summed E-state index contributed by atoms with van der Waals surface area (Å²) in [6.07, 6.45) is 3.77. The van der Waals surface area contributed by atoms with Crippen LogP contribution in [0.3, 0.4) is 0 Å². The number of rotatable bonds is 8. The van der Waals surface area contributed by atoms with Crippen LogP contribution >= 0.6 is 0 Å². The number of carbonyl (C=O) groups is 2. The summed E-state index contributed by atoms with van der Waals surface area (Å²) in [5.41, 5.74) is 1.33. The van der Waals surface area contributed by atoms with Gasteiger partial charge in [-0.05, 0) is 59.2 Å². The number of hydrogen-bond acceptors (Lipinski definition) is 10. The Bertz CT molecular complexity index is 1370. The topological polar surface area (TPSA) is 174 Å². The van der Waals surface area contributed by atoms with Crippen LogP contribution in [-0.4, -0.2) is 55.8 Å². The molecule has 1 atom stereocenters. The Morgan fingerprint density at radius 2 is 1.43 bits per heavy atom. The van der Waals surface area contributed by atoms with Gasteiger partial charge in [0.1, 0.15) is 0 Å². The zero-order chi connectivity index (χ0) is 27.1. The van der Waals surface area contributed by atoms with E-state index in [1.54, 1.807) is 0 Å². The molecule has 0 aliphatic carbocycles. The van der Waals surface area contributed by atoms with Crippen molar-refractivity contribution in [2.45, 2.75) is 12.5 Å². The fourth-order valence-electron chi connectivity index (χ4n) is 3.31. The van der Waals surface area contributed by atoms with Gasteiger partial charge in [0.2, 0.25) is 6.10 Å². The molecule has 6 N–H and O–H groups in total. The monoisotopic (exact) mass is 508 g/mol. The molecule has 0 aliphatic rings. The van der Waals surface area contributed by atoms with E-state index in [4.69, 9.17) is 4.74 Å². The van der Waals surface area contributed by atoms with E-state index < -0.39 is 35.3 Å². The van der Waals surface area contributed by atoms with Gasteiger partial charge in [-0.2, -0.15) is 0 Å². The Balaban J connectivity index is 1.81. The van der Waals surface area contributed by atoms with Crippen LogP contribution in [0.5, 0.6) is 34.5 Å². The Morgan fingerprint density at radius 3 is 2.08 bits per heavy atom. The molecule has 0 saturated heterocycles. The number of benzene rings is 3. The number of phenols is 6. The highest BCUT2D eigenvalue weighted by Crippen LogP contribution is 2.34. The highest BCUT2D eigenvalue weighted by atomic mass is 16.6. The van der Waals surface area contributed by atoms with Gasteiger partial charge in [0.05, 0.1) is 7.11 Å². The first-order chi connectivity index (χ1) is 17.6. The molecule has 0 radical (unpaired) electrons. The van der Waals surface area contributed by atoms with E-state index in [9.17, 15) is 40.2 Å². The number of carbonyl (C=O) groups excluding carboxylic acids is 2. The molecular formula is C27H24O10. The molecule has 3 rings (SSSR count). The van der Waals surface area contributed by atoms with Crippen molar-refractivity contribution in [3.8, 4) is 34.5 Å². The molecule has 0 spiro atoms. The molecule has 0 aromatic heterocycles. The quantitative estimate of drug-likeness (QED) is 0.114. The van der Waals surface area contributed by atoms with Gasteiger partial charge >= 0.3 is 11.9 Å². The van der Waals surface area contributed by atoms with Crippen molar-refractivity contribution in [3.63, 3.8) is 0 Å². The number of aromatic hydroxyl groups is 6. The third-order valence-electron chi connectivity index (χ3n) is 5.25. The molecule has 0 saturated carbocycles. The molecule has 192 valence electrons. The van der Waals surface area contributed by atoms with E-state index in [-0.39, 0.29) is 29.2 Å². The van der Waals surface area contributed by atoms with Crippen LogP contribution in [0.1, 0.15) is 22.3 Å². The smallest absolute Gasteiger partial charge is 0.347 e. The molecule has 0 heterocycles. The van der Waals surface area contributed by atoms with Crippen molar-refractivity contribution < 1.29 is 49.7 Å². The molecule has 0 aliphatic heterocycles. The lowest BCUT2D eigenvalue weighted by Crippen LogP contribution is -2.30. The maximum Gasteiger partial charge on any atom is 0.347 e. The van der Waals surface area contributed by atoms with Crippen LogP contribution in [0.4, 0.5) is 0 Å². The summed E-state index contributed by atoms with van der Waals surface area (Å²) in [6.45, 7) is 0. The molecule has 10 heteroatoms. The first-order valence-electron chi connectivity index (χ1n) is 10.8. The van der Waals surface area contributed by atoms with Gasteiger partial charge in [0.15, 0.2) is 34.5 Å². The molecule has 3 aromatic rings. The Labute approximate surface area is 211 Å². The van der Waals surface area contributed by atoms with Crippen LogP contribution in [0.15, 0.2) is 54.6 Å². The maximum absolute atomic E-state index is 12.5. The summed E-state index contributed by atoms with van der Waals surface area (Å²) >= 11 is 0. The predicted molar refractivity (Wildman–Crippen MR) is 133 cm³/mol. The van der Waals surface area contributed by atoms with Crippen LogP contribution in [0, 0.1) is 0 Å². The summed E-state index contributed by atoms with van der Waals surface area (Å²) < 4.78 is 9.91. The standard InChI is InChI=1S/C27H24O10/c1-36-27(35)24(14-16-4-9-20(29)23(32)13-16)37-25(33)11-6-17-5-10-21(30)26(34)18(17)7-2-15-3-8-19(28)22(31)12-15/h2-13,24,28-32,34H,14H2,1H3/b7-2+,11-6+. The van der Waals surface area contributed by atoms with E-state index in [1.807, 2.05) is 0 Å². The minimum absolute atomic E-state index is 0.131. The summed E-state index contributed by atoms with van der Waals surface area (Å²) in [5.74, 6) is -4.00.